The van der Waals surface area contributed by atoms with Crippen molar-refractivity contribution in [1.29, 1.82) is 0 Å². The Hall–Kier alpha value is -3.05. The Kier molecular flexibility index (Phi) is 17.8. The summed E-state index contributed by atoms with van der Waals surface area (Å²) in [5.74, 6) is -1.19. The average Bonchev–Trinajstić information content (AvgIpc) is 2.78. The van der Waals surface area contributed by atoms with Crippen LogP contribution in [0, 0.1) is 0 Å². The first-order chi connectivity index (χ1) is 15.8. The number of unbranched alkanes of at least 4 members (excludes halogenated alkanes) is 1. The standard InChI is InChI=1S/C21H38N4O8/c1-4-32-17(26)11-8-14-23-20(29)22-13-7-6-10-16(19(28)31-3)25-21(30)24-15-9-12-18(27)33-5-2/h16H,4-15H2,1-3H3,(H2,22,23,29)(H2,24,25,30). The first-order valence-electron chi connectivity index (χ1n) is 11.3. The van der Waals surface area contributed by atoms with Crippen molar-refractivity contribution in [3.05, 3.63) is 0 Å². The van der Waals surface area contributed by atoms with Gasteiger partial charge in [-0.3, -0.25) is 9.59 Å². The number of hydrogen-bond acceptors (Lipinski definition) is 8. The van der Waals surface area contributed by atoms with Crippen LogP contribution in [0.15, 0.2) is 0 Å². The topological polar surface area (TPSA) is 161 Å². The molecule has 0 rings (SSSR count). The number of carbonyl (C=O) groups is 5. The minimum absolute atomic E-state index is 0.195. The van der Waals surface area contributed by atoms with Crippen LogP contribution in [0.2, 0.25) is 0 Å². The molecule has 0 bridgehead atoms. The maximum Gasteiger partial charge on any atom is 0.328 e. The molecule has 190 valence electrons. The summed E-state index contributed by atoms with van der Waals surface area (Å²) in [6.07, 6.45) is 2.84. The fraction of sp³-hybridized carbons (Fsp3) is 0.762. The van der Waals surface area contributed by atoms with Crippen LogP contribution in [-0.2, 0) is 28.6 Å². The molecule has 12 nitrogen and oxygen atoms in total. The Labute approximate surface area is 194 Å². The van der Waals surface area contributed by atoms with Crippen LogP contribution in [0.3, 0.4) is 0 Å². The third-order valence-electron chi connectivity index (χ3n) is 4.29. The Balaban J connectivity index is 4.01. The van der Waals surface area contributed by atoms with Crippen molar-refractivity contribution in [2.75, 3.05) is 40.0 Å². The van der Waals surface area contributed by atoms with Crippen LogP contribution in [0.1, 0.15) is 58.8 Å². The van der Waals surface area contributed by atoms with E-state index in [1.807, 2.05) is 0 Å². The summed E-state index contributed by atoms with van der Waals surface area (Å²) in [6, 6.07) is -1.70. The SMILES string of the molecule is CCOC(=O)CCCNC(=O)NCCCCC(NC(=O)NCCCC(=O)OCC)C(=O)OC. The quantitative estimate of drug-likeness (QED) is 0.138. The molecular formula is C21H38N4O8. The molecule has 0 aromatic carbocycles. The maximum atomic E-state index is 12.0. The lowest BCUT2D eigenvalue weighted by molar-refractivity contribution is -0.144. The number of carbonyl (C=O) groups excluding carboxylic acids is 5. The van der Waals surface area contributed by atoms with Gasteiger partial charge in [-0.1, -0.05) is 0 Å². The van der Waals surface area contributed by atoms with Gasteiger partial charge in [-0.2, -0.15) is 0 Å². The van der Waals surface area contributed by atoms with Crippen molar-refractivity contribution in [2.24, 2.45) is 0 Å². The predicted octanol–water partition coefficient (Wildman–Crippen LogP) is 0.983. The van der Waals surface area contributed by atoms with Crippen molar-refractivity contribution in [3.63, 3.8) is 0 Å². The lowest BCUT2D eigenvalue weighted by Gasteiger charge is -2.17. The van der Waals surface area contributed by atoms with Gasteiger partial charge in [0.2, 0.25) is 0 Å². The second-order valence-electron chi connectivity index (χ2n) is 6.97. The molecule has 0 saturated carbocycles. The predicted molar refractivity (Wildman–Crippen MR) is 119 cm³/mol. The lowest BCUT2D eigenvalue weighted by atomic mass is 10.1. The van der Waals surface area contributed by atoms with Crippen molar-refractivity contribution in [1.82, 2.24) is 21.3 Å². The number of nitrogens with one attached hydrogen (secondary N) is 4. The monoisotopic (exact) mass is 474 g/mol. The summed E-state index contributed by atoms with van der Waals surface area (Å²) in [6.45, 7) is 5.10. The van der Waals surface area contributed by atoms with Crippen LogP contribution >= 0.6 is 0 Å². The molecule has 0 aliphatic heterocycles. The van der Waals surface area contributed by atoms with Crippen molar-refractivity contribution < 1.29 is 38.2 Å². The number of methoxy groups -OCH3 is 1. The van der Waals surface area contributed by atoms with Gasteiger partial charge in [-0.05, 0) is 46.0 Å². The third-order valence-corrected chi connectivity index (χ3v) is 4.29. The van der Waals surface area contributed by atoms with Gasteiger partial charge in [-0.25, -0.2) is 14.4 Å². The largest absolute Gasteiger partial charge is 0.467 e. The number of rotatable bonds is 17. The van der Waals surface area contributed by atoms with Crippen LogP contribution in [0.5, 0.6) is 0 Å². The lowest BCUT2D eigenvalue weighted by Crippen LogP contribution is -2.46. The fourth-order valence-electron chi connectivity index (χ4n) is 2.67. The molecule has 0 fully saturated rings. The summed E-state index contributed by atoms with van der Waals surface area (Å²) in [4.78, 5) is 58.1. The molecule has 0 radical (unpaired) electrons. The minimum Gasteiger partial charge on any atom is -0.467 e. The van der Waals surface area contributed by atoms with E-state index < -0.39 is 18.0 Å². The molecule has 1 atom stereocenters. The molecule has 1 unspecified atom stereocenters. The van der Waals surface area contributed by atoms with Gasteiger partial charge in [0.05, 0.1) is 20.3 Å². The molecule has 4 N–H and O–H groups in total. The van der Waals surface area contributed by atoms with Gasteiger partial charge >= 0.3 is 30.0 Å². The highest BCUT2D eigenvalue weighted by atomic mass is 16.5. The number of amides is 4. The fourth-order valence-corrected chi connectivity index (χ4v) is 2.67. The second-order valence-corrected chi connectivity index (χ2v) is 6.97. The van der Waals surface area contributed by atoms with Crippen molar-refractivity contribution in [3.8, 4) is 0 Å². The molecule has 0 heterocycles. The molecule has 0 aromatic rings. The highest BCUT2D eigenvalue weighted by Gasteiger charge is 2.20. The van der Waals surface area contributed by atoms with Gasteiger partial charge in [0.15, 0.2) is 0 Å². The number of ether oxygens (including phenoxy) is 3. The summed E-state index contributed by atoms with van der Waals surface area (Å²) in [7, 11) is 1.24. The summed E-state index contributed by atoms with van der Waals surface area (Å²) in [5, 5.41) is 10.5. The maximum absolute atomic E-state index is 12.0. The Morgan fingerprint density at radius 1 is 0.697 bits per heavy atom. The summed E-state index contributed by atoms with van der Waals surface area (Å²) < 4.78 is 14.3. The van der Waals surface area contributed by atoms with Gasteiger partial charge in [0.1, 0.15) is 6.04 Å². The zero-order chi connectivity index (χ0) is 24.9. The highest BCUT2D eigenvalue weighted by Crippen LogP contribution is 2.03. The van der Waals surface area contributed by atoms with E-state index in [-0.39, 0.29) is 37.4 Å². The molecule has 0 spiro atoms. The van der Waals surface area contributed by atoms with E-state index in [0.717, 1.165) is 0 Å². The molecule has 4 amide bonds. The Morgan fingerprint density at radius 2 is 1.18 bits per heavy atom. The van der Waals surface area contributed by atoms with Gasteiger partial charge < -0.3 is 35.5 Å². The normalized spacial score (nSPS) is 11.0. The van der Waals surface area contributed by atoms with Crippen LogP contribution in [0.25, 0.3) is 0 Å². The van der Waals surface area contributed by atoms with E-state index in [0.29, 0.717) is 58.4 Å². The highest BCUT2D eigenvalue weighted by molar-refractivity contribution is 5.83. The van der Waals surface area contributed by atoms with E-state index in [2.05, 4.69) is 21.3 Å². The minimum atomic E-state index is -0.822. The number of hydrogen-bond donors (Lipinski definition) is 4. The van der Waals surface area contributed by atoms with E-state index in [4.69, 9.17) is 14.2 Å². The Morgan fingerprint density at radius 3 is 1.67 bits per heavy atom. The van der Waals surface area contributed by atoms with Gasteiger partial charge in [-0.15, -0.1) is 0 Å². The van der Waals surface area contributed by atoms with E-state index in [1.54, 1.807) is 13.8 Å². The number of esters is 3. The first-order valence-corrected chi connectivity index (χ1v) is 11.3. The van der Waals surface area contributed by atoms with E-state index in [1.165, 1.54) is 7.11 Å². The van der Waals surface area contributed by atoms with Gasteiger partial charge in [0.25, 0.3) is 0 Å². The molecule has 0 aliphatic rings. The molecular weight excluding hydrogens is 436 g/mol. The third kappa shape index (κ3) is 17.2. The van der Waals surface area contributed by atoms with E-state index in [9.17, 15) is 24.0 Å². The molecule has 0 saturated heterocycles. The zero-order valence-electron chi connectivity index (χ0n) is 19.8. The molecule has 33 heavy (non-hydrogen) atoms. The van der Waals surface area contributed by atoms with Crippen molar-refractivity contribution >= 4 is 30.0 Å². The summed E-state index contributed by atoms with van der Waals surface area (Å²) in [5.41, 5.74) is 0. The average molecular weight is 475 g/mol. The van der Waals surface area contributed by atoms with Crippen molar-refractivity contribution in [2.45, 2.75) is 64.8 Å². The van der Waals surface area contributed by atoms with Gasteiger partial charge in [0, 0.05) is 32.5 Å². The Bertz CT molecular complexity index is 615. The first kappa shape index (κ1) is 29.9. The number of urea groups is 2. The van der Waals surface area contributed by atoms with Crippen LogP contribution < -0.4 is 21.3 Å². The molecule has 0 aliphatic carbocycles. The van der Waals surface area contributed by atoms with Crippen LogP contribution in [-0.4, -0.2) is 76.0 Å². The second kappa shape index (κ2) is 19.6. The smallest absolute Gasteiger partial charge is 0.328 e. The zero-order valence-corrected chi connectivity index (χ0v) is 19.8. The van der Waals surface area contributed by atoms with E-state index >= 15 is 0 Å². The molecule has 0 aromatic heterocycles. The molecule has 12 heteroatoms. The van der Waals surface area contributed by atoms with Crippen LogP contribution in [0.4, 0.5) is 9.59 Å². The summed E-state index contributed by atoms with van der Waals surface area (Å²) >= 11 is 0.